The average molecular weight is 199 g/mol. The van der Waals surface area contributed by atoms with Crippen LogP contribution in [0.15, 0.2) is 0 Å². The Morgan fingerprint density at radius 1 is 1.31 bits per heavy atom. The number of Topliss-reactive ketones (excluding diaryl/α,β-unsaturated/α-hetero) is 1. The van der Waals surface area contributed by atoms with Gasteiger partial charge in [0.2, 0.25) is 0 Å². The zero-order chi connectivity index (χ0) is 9.16. The third-order valence-electron chi connectivity index (χ3n) is 4.46. The molecule has 0 aliphatic heterocycles. The van der Waals surface area contributed by atoms with Crippen LogP contribution in [0.25, 0.3) is 0 Å². The van der Waals surface area contributed by atoms with Crippen molar-refractivity contribution in [2.45, 2.75) is 31.6 Å². The van der Waals surface area contributed by atoms with E-state index in [1.54, 1.807) is 0 Å². The fourth-order valence-corrected chi connectivity index (χ4v) is 4.12. The highest BCUT2D eigenvalue weighted by atomic mass is 35.5. The number of carbonyl (C=O) groups is 1. The second-order valence-corrected chi connectivity index (χ2v) is 5.69. The van der Waals surface area contributed by atoms with Crippen molar-refractivity contribution in [1.29, 1.82) is 0 Å². The Morgan fingerprint density at radius 3 is 2.31 bits per heavy atom. The minimum absolute atomic E-state index is 0.255. The second-order valence-electron chi connectivity index (χ2n) is 5.03. The van der Waals surface area contributed by atoms with Crippen LogP contribution in [0, 0.1) is 29.6 Å². The largest absolute Gasteiger partial charge is 0.298 e. The molecule has 0 aromatic rings. The van der Waals surface area contributed by atoms with Crippen LogP contribution in [-0.4, -0.2) is 11.2 Å². The van der Waals surface area contributed by atoms with Crippen molar-refractivity contribution in [2.24, 2.45) is 29.6 Å². The van der Waals surface area contributed by atoms with Crippen LogP contribution in [-0.2, 0) is 4.79 Å². The maximum atomic E-state index is 11.7. The van der Waals surface area contributed by atoms with Gasteiger partial charge >= 0.3 is 0 Å². The first-order chi connectivity index (χ1) is 6.20. The van der Waals surface area contributed by atoms with Gasteiger partial charge in [-0.15, -0.1) is 11.6 Å². The summed E-state index contributed by atoms with van der Waals surface area (Å²) in [5.41, 5.74) is 0. The van der Waals surface area contributed by atoms with E-state index in [1.165, 1.54) is 19.3 Å². The first-order valence-electron chi connectivity index (χ1n) is 5.38. The van der Waals surface area contributed by atoms with E-state index in [0.29, 0.717) is 11.7 Å². The molecule has 0 heterocycles. The average Bonchev–Trinajstić information content (AvgIpc) is 2.52. The minimum atomic E-state index is -0.255. The van der Waals surface area contributed by atoms with E-state index in [4.69, 9.17) is 11.6 Å². The monoisotopic (exact) mass is 198 g/mol. The van der Waals surface area contributed by atoms with Crippen molar-refractivity contribution in [3.05, 3.63) is 0 Å². The standard InChI is InChI=1S/C11H15ClO/c1-5(12)11(13)10-8-6-2-3-7(4-6)9(8)10/h5-10H,2-4H2,1H3/t5-,6-,7+,8+,9-,10?/m0/s1. The Morgan fingerprint density at radius 2 is 1.85 bits per heavy atom. The highest BCUT2D eigenvalue weighted by Crippen LogP contribution is 2.69. The fourth-order valence-electron chi connectivity index (χ4n) is 3.97. The molecule has 0 N–H and O–H groups in total. The molecule has 0 aromatic carbocycles. The third kappa shape index (κ3) is 0.971. The SMILES string of the molecule is C[C@H](Cl)C(=O)C1[C@@H]2[C@H]3CC[C@H](C3)[C@H]12. The Hall–Kier alpha value is -0.0400. The maximum absolute atomic E-state index is 11.7. The van der Waals surface area contributed by atoms with E-state index in [2.05, 4.69) is 0 Å². The molecular formula is C11H15ClO. The first kappa shape index (κ1) is 8.28. The van der Waals surface area contributed by atoms with Crippen LogP contribution < -0.4 is 0 Å². The van der Waals surface area contributed by atoms with Crippen molar-refractivity contribution < 1.29 is 4.79 Å². The second kappa shape index (κ2) is 2.50. The summed E-state index contributed by atoms with van der Waals surface area (Å²) in [6.07, 6.45) is 4.17. The van der Waals surface area contributed by atoms with Crippen LogP contribution >= 0.6 is 11.6 Å². The highest BCUT2D eigenvalue weighted by Gasteiger charge is 2.67. The molecule has 1 nitrogen and oxygen atoms in total. The van der Waals surface area contributed by atoms with Crippen LogP contribution in [0.2, 0.25) is 0 Å². The van der Waals surface area contributed by atoms with E-state index in [9.17, 15) is 4.79 Å². The Labute approximate surface area is 83.8 Å². The predicted octanol–water partition coefficient (Wildman–Crippen LogP) is 2.47. The molecule has 3 saturated carbocycles. The van der Waals surface area contributed by atoms with Crippen molar-refractivity contribution in [3.63, 3.8) is 0 Å². The van der Waals surface area contributed by atoms with E-state index in [-0.39, 0.29) is 5.38 Å². The number of hydrogen-bond donors (Lipinski definition) is 0. The molecule has 3 aliphatic rings. The lowest BCUT2D eigenvalue weighted by Gasteiger charge is -2.08. The van der Waals surface area contributed by atoms with E-state index >= 15 is 0 Å². The van der Waals surface area contributed by atoms with Gasteiger partial charge in [0, 0.05) is 5.92 Å². The summed E-state index contributed by atoms with van der Waals surface area (Å²) in [5, 5.41) is -0.255. The number of fused-ring (bicyclic) bond motifs is 5. The van der Waals surface area contributed by atoms with Crippen LogP contribution in [0.1, 0.15) is 26.2 Å². The lowest BCUT2D eigenvalue weighted by Crippen LogP contribution is -2.17. The zero-order valence-electron chi connectivity index (χ0n) is 7.87. The van der Waals surface area contributed by atoms with Crippen LogP contribution in [0.5, 0.6) is 0 Å². The molecule has 0 saturated heterocycles. The molecule has 3 fully saturated rings. The van der Waals surface area contributed by atoms with Gasteiger partial charge in [-0.05, 0) is 49.9 Å². The van der Waals surface area contributed by atoms with Gasteiger partial charge in [-0.2, -0.15) is 0 Å². The Bertz CT molecular complexity index is 245. The van der Waals surface area contributed by atoms with Gasteiger partial charge in [0.15, 0.2) is 5.78 Å². The number of rotatable bonds is 2. The number of halogens is 1. The summed E-state index contributed by atoms with van der Waals surface area (Å²) < 4.78 is 0. The first-order valence-corrected chi connectivity index (χ1v) is 5.81. The molecule has 6 atom stereocenters. The summed E-state index contributed by atoms with van der Waals surface area (Å²) in [7, 11) is 0. The Kier molecular flexibility index (Phi) is 1.59. The highest BCUT2D eigenvalue weighted by molar-refractivity contribution is 6.31. The van der Waals surface area contributed by atoms with Gasteiger partial charge < -0.3 is 0 Å². The molecule has 0 radical (unpaired) electrons. The van der Waals surface area contributed by atoms with E-state index < -0.39 is 0 Å². The van der Waals surface area contributed by atoms with Crippen LogP contribution in [0.4, 0.5) is 0 Å². The van der Waals surface area contributed by atoms with Gasteiger partial charge in [0.1, 0.15) is 0 Å². The fraction of sp³-hybridized carbons (Fsp3) is 0.909. The molecule has 2 bridgehead atoms. The molecule has 72 valence electrons. The van der Waals surface area contributed by atoms with E-state index in [0.717, 1.165) is 23.7 Å². The van der Waals surface area contributed by atoms with Crippen molar-refractivity contribution in [3.8, 4) is 0 Å². The minimum Gasteiger partial charge on any atom is -0.298 e. The lowest BCUT2D eigenvalue weighted by molar-refractivity contribution is -0.120. The van der Waals surface area contributed by atoms with Gasteiger partial charge in [-0.25, -0.2) is 0 Å². The van der Waals surface area contributed by atoms with Crippen molar-refractivity contribution >= 4 is 17.4 Å². The normalized spacial score (nSPS) is 53.2. The predicted molar refractivity (Wildman–Crippen MR) is 51.6 cm³/mol. The molecule has 3 aliphatic carbocycles. The molecular weight excluding hydrogens is 184 g/mol. The summed E-state index contributed by atoms with van der Waals surface area (Å²) in [6, 6.07) is 0. The number of alkyl halides is 1. The summed E-state index contributed by atoms with van der Waals surface area (Å²) in [4.78, 5) is 11.7. The third-order valence-corrected chi connectivity index (χ3v) is 4.67. The molecule has 0 amide bonds. The summed E-state index contributed by atoms with van der Waals surface area (Å²) in [5.74, 6) is 3.99. The Balaban J connectivity index is 1.76. The number of ketones is 1. The van der Waals surface area contributed by atoms with Gasteiger partial charge in [-0.1, -0.05) is 0 Å². The van der Waals surface area contributed by atoms with E-state index in [1.807, 2.05) is 6.92 Å². The quantitative estimate of drug-likeness (QED) is 0.623. The number of hydrogen-bond acceptors (Lipinski definition) is 1. The summed E-state index contributed by atoms with van der Waals surface area (Å²) in [6.45, 7) is 1.82. The molecule has 2 heteroatoms. The summed E-state index contributed by atoms with van der Waals surface area (Å²) >= 11 is 5.84. The van der Waals surface area contributed by atoms with Gasteiger partial charge in [-0.3, -0.25) is 4.79 Å². The number of carbonyl (C=O) groups excluding carboxylic acids is 1. The lowest BCUT2D eigenvalue weighted by atomic mass is 9.99. The van der Waals surface area contributed by atoms with Gasteiger partial charge in [0.25, 0.3) is 0 Å². The molecule has 0 aromatic heterocycles. The molecule has 3 rings (SSSR count). The molecule has 13 heavy (non-hydrogen) atoms. The van der Waals surface area contributed by atoms with Gasteiger partial charge in [0.05, 0.1) is 5.38 Å². The smallest absolute Gasteiger partial charge is 0.154 e. The molecule has 1 unspecified atom stereocenters. The topological polar surface area (TPSA) is 17.1 Å². The maximum Gasteiger partial charge on any atom is 0.154 e. The van der Waals surface area contributed by atoms with Crippen molar-refractivity contribution in [2.75, 3.05) is 0 Å². The van der Waals surface area contributed by atoms with Crippen LogP contribution in [0.3, 0.4) is 0 Å². The van der Waals surface area contributed by atoms with Crippen molar-refractivity contribution in [1.82, 2.24) is 0 Å². The molecule has 0 spiro atoms. The zero-order valence-corrected chi connectivity index (χ0v) is 8.63.